The predicted octanol–water partition coefficient (Wildman–Crippen LogP) is 4.73. The molecule has 0 unspecified atom stereocenters. The third-order valence-corrected chi connectivity index (χ3v) is 5.66. The number of fused-ring (bicyclic) bond motifs is 1. The Morgan fingerprint density at radius 1 is 1.04 bits per heavy atom. The molecule has 1 aromatic rings. The summed E-state index contributed by atoms with van der Waals surface area (Å²) in [5, 5.41) is 10.3. The van der Waals surface area contributed by atoms with Crippen molar-refractivity contribution in [1.82, 2.24) is 0 Å². The van der Waals surface area contributed by atoms with Gasteiger partial charge in [0.15, 0.2) is 0 Å². The van der Waals surface area contributed by atoms with Crippen molar-refractivity contribution in [2.45, 2.75) is 77.0 Å². The molecule has 0 radical (unpaired) electrons. The van der Waals surface area contributed by atoms with Crippen molar-refractivity contribution < 1.29 is 27.8 Å². The van der Waals surface area contributed by atoms with Crippen LogP contribution in [0.4, 0.5) is 13.2 Å². The van der Waals surface area contributed by atoms with Gasteiger partial charge in [0.2, 0.25) is 0 Å². The fraction of sp³-hybridized carbons (Fsp3) is 0.632. The van der Waals surface area contributed by atoms with Crippen molar-refractivity contribution in [2.75, 3.05) is 0 Å². The van der Waals surface area contributed by atoms with E-state index in [9.17, 15) is 23.1 Å². The summed E-state index contributed by atoms with van der Waals surface area (Å²) in [6, 6.07) is 3.08. The highest BCUT2D eigenvalue weighted by Crippen LogP contribution is 2.53. The second-order valence-electron chi connectivity index (χ2n) is 7.97. The first-order valence-electron chi connectivity index (χ1n) is 8.43. The zero-order valence-corrected chi connectivity index (χ0v) is 15.5. The molecular weight excluding hydrogens is 333 g/mol. The number of alkyl halides is 3. The zero-order chi connectivity index (χ0) is 19.4. The second kappa shape index (κ2) is 5.73. The molecule has 25 heavy (non-hydrogen) atoms. The molecule has 1 N–H and O–H groups in total. The highest BCUT2D eigenvalue weighted by molar-refractivity contribution is 5.90. The number of esters is 1. The van der Waals surface area contributed by atoms with Crippen molar-refractivity contribution in [1.29, 1.82) is 0 Å². The molecule has 1 aliphatic rings. The largest absolute Gasteiger partial charge is 0.432 e. The summed E-state index contributed by atoms with van der Waals surface area (Å²) in [6.07, 6.45) is -3.83. The number of hydrogen-bond acceptors (Lipinski definition) is 3. The average molecular weight is 358 g/mol. The number of rotatable bonds is 4. The Morgan fingerprint density at radius 2 is 1.56 bits per heavy atom. The molecule has 3 nitrogen and oxygen atoms in total. The Bertz CT molecular complexity index is 705. The number of halogens is 3. The maximum absolute atomic E-state index is 13.5. The van der Waals surface area contributed by atoms with E-state index in [1.165, 1.54) is 6.07 Å². The summed E-state index contributed by atoms with van der Waals surface area (Å²) < 4.78 is 45.6. The van der Waals surface area contributed by atoms with Gasteiger partial charge in [0.05, 0.1) is 0 Å². The molecule has 0 bridgehead atoms. The molecule has 6 heteroatoms. The van der Waals surface area contributed by atoms with Crippen LogP contribution in [0.3, 0.4) is 0 Å². The first-order chi connectivity index (χ1) is 11.2. The van der Waals surface area contributed by atoms with E-state index in [0.29, 0.717) is 24.0 Å². The quantitative estimate of drug-likeness (QED) is 0.625. The Balaban J connectivity index is 2.88. The fourth-order valence-electron chi connectivity index (χ4n) is 2.84. The predicted molar refractivity (Wildman–Crippen MR) is 88.7 cm³/mol. The van der Waals surface area contributed by atoms with Crippen molar-refractivity contribution in [3.05, 3.63) is 28.8 Å². The molecule has 0 fully saturated rings. The number of ether oxygens (including phenoxy) is 1. The van der Waals surface area contributed by atoms with Gasteiger partial charge in [0.25, 0.3) is 5.60 Å². The third kappa shape index (κ3) is 2.84. The molecule has 0 saturated carbocycles. The van der Waals surface area contributed by atoms with E-state index in [-0.39, 0.29) is 5.75 Å². The lowest BCUT2D eigenvalue weighted by Crippen LogP contribution is -2.47. The maximum atomic E-state index is 13.5. The molecule has 1 heterocycles. The lowest BCUT2D eigenvalue weighted by molar-refractivity contribution is -0.258. The normalized spacial score (nSPS) is 21.3. The topological polar surface area (TPSA) is 46.5 Å². The molecule has 1 aromatic carbocycles. The van der Waals surface area contributed by atoms with Crippen LogP contribution < -0.4 is 4.74 Å². The van der Waals surface area contributed by atoms with Gasteiger partial charge in [-0.05, 0) is 35.3 Å². The Morgan fingerprint density at radius 3 is 2.00 bits per heavy atom. The van der Waals surface area contributed by atoms with Gasteiger partial charge in [-0.15, -0.1) is 0 Å². The van der Waals surface area contributed by atoms with E-state index in [1.54, 1.807) is 6.07 Å². The Labute approximate surface area is 146 Å². The summed E-state index contributed by atoms with van der Waals surface area (Å²) in [5.74, 6) is -1.85. The average Bonchev–Trinajstić information content (AvgIpc) is 2.78. The number of carbonyl (C=O) groups excluding carboxylic acids is 1. The van der Waals surface area contributed by atoms with Crippen LogP contribution in [0.1, 0.15) is 71.1 Å². The van der Waals surface area contributed by atoms with Crippen LogP contribution in [0.5, 0.6) is 5.75 Å². The highest BCUT2D eigenvalue weighted by atomic mass is 19.4. The van der Waals surface area contributed by atoms with Crippen LogP contribution in [0.15, 0.2) is 12.1 Å². The van der Waals surface area contributed by atoms with E-state index >= 15 is 0 Å². The van der Waals surface area contributed by atoms with Gasteiger partial charge in [0.1, 0.15) is 5.75 Å². The highest BCUT2D eigenvalue weighted by Gasteiger charge is 2.67. The van der Waals surface area contributed by atoms with Crippen molar-refractivity contribution in [3.63, 3.8) is 0 Å². The summed E-state index contributed by atoms with van der Waals surface area (Å²) in [7, 11) is 0. The van der Waals surface area contributed by atoms with Gasteiger partial charge in [-0.25, -0.2) is 4.79 Å². The Kier molecular flexibility index (Phi) is 4.53. The lowest BCUT2D eigenvalue weighted by atomic mass is 9.74. The molecular formula is C19H25F3O3. The monoisotopic (exact) mass is 358 g/mol. The van der Waals surface area contributed by atoms with Crippen molar-refractivity contribution in [2.24, 2.45) is 0 Å². The van der Waals surface area contributed by atoms with Crippen molar-refractivity contribution in [3.8, 4) is 5.75 Å². The molecule has 0 spiro atoms. The van der Waals surface area contributed by atoms with Crippen LogP contribution in [0.25, 0.3) is 0 Å². The molecule has 0 aliphatic carbocycles. The standard InChI is InChI=1S/C19H25F3O3/c1-7-16(3,4)11-9-12(17(5,6)8-2)14-13(10-11)18(24,15(23)25-14)19(20,21)22/h9-10,24H,7-8H2,1-6H3/t18-/m1/s1. The maximum Gasteiger partial charge on any atom is 0.432 e. The summed E-state index contributed by atoms with van der Waals surface area (Å²) in [4.78, 5) is 12.0. The number of carbonyl (C=O) groups is 1. The number of benzene rings is 1. The molecule has 2 rings (SSSR count). The van der Waals surface area contributed by atoms with Gasteiger partial charge in [0, 0.05) is 11.1 Å². The molecule has 0 aromatic heterocycles. The van der Waals surface area contributed by atoms with Crippen LogP contribution in [-0.2, 0) is 21.2 Å². The van der Waals surface area contributed by atoms with Gasteiger partial charge in [-0.2, -0.15) is 13.2 Å². The minimum absolute atomic E-state index is 0.160. The SMILES string of the molecule is CCC(C)(C)c1cc(C(C)(C)CC)c2c(c1)[C@](O)(C(F)(F)F)C(=O)O2. The minimum Gasteiger partial charge on any atom is -0.423 e. The minimum atomic E-state index is -5.15. The smallest absolute Gasteiger partial charge is 0.423 e. The summed E-state index contributed by atoms with van der Waals surface area (Å²) in [6.45, 7) is 11.4. The lowest BCUT2D eigenvalue weighted by Gasteiger charge is -2.31. The first kappa shape index (κ1) is 19.8. The molecule has 140 valence electrons. The number of aliphatic hydroxyl groups is 1. The van der Waals surface area contributed by atoms with Gasteiger partial charge in [-0.1, -0.05) is 47.6 Å². The molecule has 0 amide bonds. The summed E-state index contributed by atoms with van der Waals surface area (Å²) >= 11 is 0. The van der Waals surface area contributed by atoms with E-state index in [4.69, 9.17) is 4.74 Å². The van der Waals surface area contributed by atoms with Crippen LogP contribution in [0.2, 0.25) is 0 Å². The Hall–Kier alpha value is -1.56. The van der Waals surface area contributed by atoms with Gasteiger partial charge < -0.3 is 9.84 Å². The first-order valence-corrected chi connectivity index (χ1v) is 8.43. The van der Waals surface area contributed by atoms with Crippen molar-refractivity contribution >= 4 is 5.97 Å². The molecule has 0 saturated heterocycles. The van der Waals surface area contributed by atoms with E-state index in [1.807, 2.05) is 41.5 Å². The zero-order valence-electron chi connectivity index (χ0n) is 15.5. The van der Waals surface area contributed by atoms with E-state index in [2.05, 4.69) is 0 Å². The van der Waals surface area contributed by atoms with Gasteiger partial charge in [-0.3, -0.25) is 0 Å². The fourth-order valence-corrected chi connectivity index (χ4v) is 2.84. The van der Waals surface area contributed by atoms with Gasteiger partial charge >= 0.3 is 12.1 Å². The van der Waals surface area contributed by atoms with Crippen LogP contribution >= 0.6 is 0 Å². The van der Waals surface area contributed by atoms with E-state index < -0.39 is 34.1 Å². The van der Waals surface area contributed by atoms with E-state index in [0.717, 1.165) is 0 Å². The molecule has 1 aliphatic heterocycles. The molecule has 1 atom stereocenters. The third-order valence-electron chi connectivity index (χ3n) is 5.66. The summed E-state index contributed by atoms with van der Waals surface area (Å²) in [5.41, 5.74) is -3.89. The second-order valence-corrected chi connectivity index (χ2v) is 7.97. The van der Waals surface area contributed by atoms with Crippen LogP contribution in [-0.4, -0.2) is 17.3 Å². The number of hydrogen-bond donors (Lipinski definition) is 1. The van der Waals surface area contributed by atoms with Crippen LogP contribution in [0, 0.1) is 0 Å².